The van der Waals surface area contributed by atoms with Gasteiger partial charge in [0.25, 0.3) is 10.0 Å². The Morgan fingerprint density at radius 1 is 1.11 bits per heavy atom. The highest BCUT2D eigenvalue weighted by molar-refractivity contribution is 8.08. The van der Waals surface area contributed by atoms with E-state index in [1.54, 1.807) is 26.8 Å². The van der Waals surface area contributed by atoms with Crippen molar-refractivity contribution in [3.05, 3.63) is 58.7 Å². The zero-order valence-corrected chi connectivity index (χ0v) is 17.9. The van der Waals surface area contributed by atoms with Crippen LogP contribution in [-0.2, 0) is 21.2 Å². The molecule has 146 valence electrons. The average molecular weight is 408 g/mol. The molecule has 2 aromatic carbocycles. The highest BCUT2D eigenvalue weighted by atomic mass is 32.3. The summed E-state index contributed by atoms with van der Waals surface area (Å²) in [6.07, 6.45) is 0.930. The Morgan fingerprint density at radius 2 is 1.74 bits per heavy atom. The molecular formula is C20H25NO4S2. The summed E-state index contributed by atoms with van der Waals surface area (Å²) in [5.41, 5.74) is 2.91. The van der Waals surface area contributed by atoms with Crippen LogP contribution in [0.5, 0.6) is 0 Å². The number of carbonyl (C=O) groups excluding carboxylic acids is 1. The predicted molar refractivity (Wildman–Crippen MR) is 108 cm³/mol. The maximum absolute atomic E-state index is 13.2. The predicted octanol–water partition coefficient (Wildman–Crippen LogP) is 4.37. The molecule has 0 spiro atoms. The van der Waals surface area contributed by atoms with Gasteiger partial charge < -0.3 is 4.74 Å². The van der Waals surface area contributed by atoms with Crippen molar-refractivity contribution in [2.45, 2.75) is 43.9 Å². The maximum Gasteiger partial charge on any atom is 0.338 e. The molecular weight excluding hydrogens is 382 g/mol. The first-order valence-corrected chi connectivity index (χ1v) is 10.9. The van der Waals surface area contributed by atoms with Gasteiger partial charge in [0.15, 0.2) is 0 Å². The number of nitrogens with zero attached hydrogens (tertiary/aromatic N) is 1. The molecule has 5 nitrogen and oxygen atoms in total. The Bertz CT molecular complexity index is 922. The van der Waals surface area contributed by atoms with E-state index in [0.29, 0.717) is 12.1 Å². The van der Waals surface area contributed by atoms with Gasteiger partial charge in [0.1, 0.15) is 0 Å². The summed E-state index contributed by atoms with van der Waals surface area (Å²) < 4.78 is 32.5. The number of sulfonamides is 1. The molecule has 7 heteroatoms. The Kier molecular flexibility index (Phi) is 7.08. The van der Waals surface area contributed by atoms with E-state index >= 15 is 0 Å². The lowest BCUT2D eigenvalue weighted by molar-refractivity contribution is 0.0599. The van der Waals surface area contributed by atoms with Gasteiger partial charge in [-0.25, -0.2) is 13.2 Å². The van der Waals surface area contributed by atoms with Crippen LogP contribution < -0.4 is 0 Å². The molecule has 0 fully saturated rings. The van der Waals surface area contributed by atoms with Gasteiger partial charge in [-0.3, -0.25) is 0 Å². The number of hydrogen-bond acceptors (Lipinski definition) is 5. The van der Waals surface area contributed by atoms with Crippen LogP contribution in [0, 0.1) is 13.8 Å². The van der Waals surface area contributed by atoms with Crippen LogP contribution in [0.2, 0.25) is 0 Å². The molecule has 0 N–H and O–H groups in total. The smallest absolute Gasteiger partial charge is 0.338 e. The average Bonchev–Trinajstić information content (AvgIpc) is 2.67. The van der Waals surface area contributed by atoms with E-state index in [4.69, 9.17) is 4.74 Å². The number of esters is 1. The molecule has 0 bridgehead atoms. The molecule has 2 rings (SSSR count). The quantitative estimate of drug-likeness (QED) is 0.504. The topological polar surface area (TPSA) is 63.7 Å². The highest BCUT2D eigenvalue weighted by Gasteiger charge is 2.27. The lowest BCUT2D eigenvalue weighted by atomic mass is 10.0. The fourth-order valence-corrected chi connectivity index (χ4v) is 5.30. The Hall–Kier alpha value is -1.83. The van der Waals surface area contributed by atoms with E-state index in [2.05, 4.69) is 6.92 Å². The molecule has 0 aliphatic carbocycles. The third kappa shape index (κ3) is 4.72. The fraction of sp³-hybridized carbons (Fsp3) is 0.350. The largest absolute Gasteiger partial charge is 0.465 e. The number of hydrogen-bond donors (Lipinski definition) is 0. The third-order valence-electron chi connectivity index (χ3n) is 4.41. The molecule has 27 heavy (non-hydrogen) atoms. The van der Waals surface area contributed by atoms with E-state index in [9.17, 15) is 13.2 Å². The second-order valence-electron chi connectivity index (χ2n) is 6.12. The highest BCUT2D eigenvalue weighted by Crippen LogP contribution is 2.31. The number of methoxy groups -OCH3 is 1. The number of benzene rings is 2. The number of rotatable bonds is 7. The summed E-state index contributed by atoms with van der Waals surface area (Å²) in [5, 5.41) is 0. The van der Waals surface area contributed by atoms with Crippen molar-refractivity contribution in [2.24, 2.45) is 0 Å². The van der Waals surface area contributed by atoms with Crippen LogP contribution in [-0.4, -0.2) is 31.8 Å². The zero-order chi connectivity index (χ0) is 20.2. The summed E-state index contributed by atoms with van der Waals surface area (Å²) in [7, 11) is -2.50. The Balaban J connectivity index is 2.42. The fourth-order valence-electron chi connectivity index (χ4n) is 2.60. The summed E-state index contributed by atoms with van der Waals surface area (Å²) in [6, 6.07) is 10.8. The van der Waals surface area contributed by atoms with Crippen LogP contribution in [0.15, 0.2) is 46.2 Å². The SMILES string of the molecule is CCc1ccc(SN(CC)S(=O)(=O)c2cc(C)c(C)c(C(=O)OC)c2)cc1. The lowest BCUT2D eigenvalue weighted by Gasteiger charge is -2.20. The first-order valence-electron chi connectivity index (χ1n) is 8.73. The Labute approximate surface area is 165 Å². The van der Waals surface area contributed by atoms with E-state index in [1.165, 1.54) is 34.4 Å². The van der Waals surface area contributed by atoms with E-state index in [1.807, 2.05) is 24.3 Å². The van der Waals surface area contributed by atoms with Gasteiger partial charge in [0.2, 0.25) is 0 Å². The molecule has 0 saturated heterocycles. The normalized spacial score (nSPS) is 11.6. The number of ether oxygens (including phenoxy) is 1. The van der Waals surface area contributed by atoms with Gasteiger partial charge in [-0.15, -0.1) is 3.71 Å². The maximum atomic E-state index is 13.2. The number of carbonyl (C=O) groups is 1. The van der Waals surface area contributed by atoms with Crippen molar-refractivity contribution in [3.8, 4) is 0 Å². The molecule has 0 heterocycles. The van der Waals surface area contributed by atoms with Crippen LogP contribution >= 0.6 is 11.9 Å². The molecule has 0 unspecified atom stereocenters. The van der Waals surface area contributed by atoms with Crippen molar-refractivity contribution in [3.63, 3.8) is 0 Å². The Morgan fingerprint density at radius 3 is 2.26 bits per heavy atom. The van der Waals surface area contributed by atoms with E-state index in [0.717, 1.165) is 16.9 Å². The molecule has 0 amide bonds. The minimum atomic E-state index is -3.78. The van der Waals surface area contributed by atoms with E-state index in [-0.39, 0.29) is 10.5 Å². The van der Waals surface area contributed by atoms with Crippen molar-refractivity contribution in [1.82, 2.24) is 3.71 Å². The summed E-state index contributed by atoms with van der Waals surface area (Å²) in [5.74, 6) is -0.543. The monoisotopic (exact) mass is 407 g/mol. The second-order valence-corrected chi connectivity index (χ2v) is 9.31. The van der Waals surface area contributed by atoms with Gasteiger partial charge in [-0.1, -0.05) is 26.0 Å². The van der Waals surface area contributed by atoms with Crippen molar-refractivity contribution in [2.75, 3.05) is 13.7 Å². The van der Waals surface area contributed by atoms with E-state index < -0.39 is 16.0 Å². The van der Waals surface area contributed by atoms with Crippen LogP contribution in [0.3, 0.4) is 0 Å². The number of aryl methyl sites for hydroxylation is 2. The molecule has 0 aromatic heterocycles. The van der Waals surface area contributed by atoms with Crippen molar-refractivity contribution < 1.29 is 17.9 Å². The van der Waals surface area contributed by atoms with Crippen LogP contribution in [0.25, 0.3) is 0 Å². The summed E-state index contributed by atoms with van der Waals surface area (Å²) in [6.45, 7) is 7.72. The minimum Gasteiger partial charge on any atom is -0.465 e. The minimum absolute atomic E-state index is 0.0885. The van der Waals surface area contributed by atoms with Crippen LogP contribution in [0.4, 0.5) is 0 Å². The van der Waals surface area contributed by atoms with Gasteiger partial charge in [0, 0.05) is 11.4 Å². The molecule has 0 aliphatic heterocycles. The molecule has 0 radical (unpaired) electrons. The molecule has 0 atom stereocenters. The van der Waals surface area contributed by atoms with Gasteiger partial charge in [0.05, 0.1) is 17.6 Å². The molecule has 2 aromatic rings. The van der Waals surface area contributed by atoms with Crippen molar-refractivity contribution in [1.29, 1.82) is 0 Å². The second kappa shape index (κ2) is 8.91. The first-order chi connectivity index (χ1) is 12.7. The van der Waals surface area contributed by atoms with Crippen LogP contribution in [0.1, 0.15) is 40.9 Å². The standard InChI is InChI=1S/C20H25NO4S2/c1-6-16-8-10-17(11-9-16)26-21(7-2)27(23,24)18-12-14(3)15(4)19(13-18)20(22)25-5/h8-13H,6-7H2,1-5H3. The van der Waals surface area contributed by atoms with Crippen molar-refractivity contribution >= 4 is 27.9 Å². The first kappa shape index (κ1) is 21.5. The summed E-state index contributed by atoms with van der Waals surface area (Å²) >= 11 is 1.17. The van der Waals surface area contributed by atoms with Gasteiger partial charge >= 0.3 is 5.97 Å². The zero-order valence-electron chi connectivity index (χ0n) is 16.3. The van der Waals surface area contributed by atoms with Gasteiger partial charge in [-0.2, -0.15) is 0 Å². The molecule has 0 aliphatic rings. The summed E-state index contributed by atoms with van der Waals surface area (Å²) in [4.78, 5) is 13.0. The van der Waals surface area contributed by atoms with Gasteiger partial charge in [-0.05, 0) is 73.2 Å². The molecule has 0 saturated carbocycles. The third-order valence-corrected chi connectivity index (χ3v) is 7.79. The lowest BCUT2D eigenvalue weighted by Crippen LogP contribution is -2.25.